The van der Waals surface area contributed by atoms with E-state index in [4.69, 9.17) is 21.3 Å². The van der Waals surface area contributed by atoms with Gasteiger partial charge in [-0.1, -0.05) is 77.5 Å². The Labute approximate surface area is 241 Å². The van der Waals surface area contributed by atoms with Crippen LogP contribution in [0, 0.1) is 0 Å². The number of esters is 1. The standard InChI is InChI=1S/C32H28ClN3O3S/c1-2-39-31(38)27-28(22-8-4-3-5-9-22)34-32-36(29(27)23-12-14-24(33)15-13-23)30(37)26(40-32)20-21-10-16-25(17-11-21)35-18-6-7-19-35/h3-5,8-17,20,29H,2,6-7,18-19H2,1H3/b26-20+/t29-/m0/s1. The maximum Gasteiger partial charge on any atom is 0.338 e. The van der Waals surface area contributed by atoms with E-state index < -0.39 is 12.0 Å². The van der Waals surface area contributed by atoms with Crippen molar-refractivity contribution in [3.05, 3.63) is 126 Å². The number of carbonyl (C=O) groups excluding carboxylic acids is 1. The van der Waals surface area contributed by atoms with Gasteiger partial charge in [0.1, 0.15) is 0 Å². The second-order valence-electron chi connectivity index (χ2n) is 9.77. The van der Waals surface area contributed by atoms with Gasteiger partial charge in [0, 0.05) is 29.4 Å². The maximum absolute atomic E-state index is 14.0. The van der Waals surface area contributed by atoms with E-state index in [1.165, 1.54) is 29.9 Å². The highest BCUT2D eigenvalue weighted by atomic mass is 35.5. The van der Waals surface area contributed by atoms with Crippen LogP contribution in [0.1, 0.15) is 42.5 Å². The number of ether oxygens (including phenoxy) is 1. The van der Waals surface area contributed by atoms with Crippen molar-refractivity contribution in [1.29, 1.82) is 0 Å². The van der Waals surface area contributed by atoms with Crippen LogP contribution in [0.4, 0.5) is 5.69 Å². The molecule has 2 aliphatic heterocycles. The summed E-state index contributed by atoms with van der Waals surface area (Å²) >= 11 is 7.52. The van der Waals surface area contributed by atoms with Gasteiger partial charge in [-0.05, 0) is 61.2 Å². The Morgan fingerprint density at radius 1 is 1.02 bits per heavy atom. The monoisotopic (exact) mass is 569 g/mol. The maximum atomic E-state index is 14.0. The Morgan fingerprint density at radius 3 is 2.40 bits per heavy atom. The van der Waals surface area contributed by atoms with Gasteiger partial charge >= 0.3 is 5.97 Å². The lowest BCUT2D eigenvalue weighted by Gasteiger charge is -2.25. The van der Waals surface area contributed by atoms with Crippen molar-refractivity contribution in [1.82, 2.24) is 4.57 Å². The van der Waals surface area contributed by atoms with Gasteiger partial charge in [0.15, 0.2) is 4.80 Å². The fourth-order valence-electron chi connectivity index (χ4n) is 5.31. The molecule has 3 aromatic carbocycles. The summed E-state index contributed by atoms with van der Waals surface area (Å²) in [6.07, 6.45) is 4.33. The van der Waals surface area contributed by atoms with Crippen molar-refractivity contribution in [2.75, 3.05) is 24.6 Å². The molecule has 0 spiro atoms. The zero-order chi connectivity index (χ0) is 27.6. The first-order chi connectivity index (χ1) is 19.5. The Bertz CT molecular complexity index is 1750. The van der Waals surface area contributed by atoms with Gasteiger partial charge in [-0.15, -0.1) is 0 Å². The quantitative estimate of drug-likeness (QED) is 0.300. The molecule has 40 heavy (non-hydrogen) atoms. The van der Waals surface area contributed by atoms with E-state index in [0.717, 1.165) is 29.8 Å². The van der Waals surface area contributed by atoms with Crippen LogP contribution in [0.15, 0.2) is 94.2 Å². The van der Waals surface area contributed by atoms with Crippen LogP contribution < -0.4 is 19.8 Å². The summed E-state index contributed by atoms with van der Waals surface area (Å²) < 4.78 is 7.67. The van der Waals surface area contributed by atoms with Gasteiger partial charge in [-0.2, -0.15) is 0 Å². The van der Waals surface area contributed by atoms with Crippen LogP contribution in [0.3, 0.4) is 0 Å². The first-order valence-electron chi connectivity index (χ1n) is 13.4. The summed E-state index contributed by atoms with van der Waals surface area (Å²) in [5, 5.41) is 0.568. The lowest BCUT2D eigenvalue weighted by molar-refractivity contribution is -0.138. The fourth-order valence-corrected chi connectivity index (χ4v) is 6.44. The van der Waals surface area contributed by atoms with Crippen LogP contribution in [0.25, 0.3) is 11.8 Å². The molecule has 6 nitrogen and oxygen atoms in total. The third-order valence-electron chi connectivity index (χ3n) is 7.22. The van der Waals surface area contributed by atoms with Crippen molar-refractivity contribution in [3.63, 3.8) is 0 Å². The van der Waals surface area contributed by atoms with Crippen LogP contribution in [-0.4, -0.2) is 30.2 Å². The molecular formula is C32H28ClN3O3S. The SMILES string of the molecule is CCOC(=O)C1=C(c2ccccc2)N=c2s/c(=C/c3ccc(N4CCCC4)cc3)c(=O)n2[C@H]1c1ccc(Cl)cc1. The number of nitrogens with zero attached hydrogens (tertiary/aromatic N) is 3. The Morgan fingerprint density at radius 2 is 1.73 bits per heavy atom. The molecule has 0 saturated carbocycles. The van der Waals surface area contributed by atoms with E-state index in [9.17, 15) is 9.59 Å². The van der Waals surface area contributed by atoms with Gasteiger partial charge in [-0.25, -0.2) is 9.79 Å². The largest absolute Gasteiger partial charge is 0.463 e. The van der Waals surface area contributed by atoms with Crippen LogP contribution in [-0.2, 0) is 9.53 Å². The van der Waals surface area contributed by atoms with Gasteiger partial charge in [0.25, 0.3) is 5.56 Å². The number of hydrogen-bond acceptors (Lipinski definition) is 6. The number of fused-ring (bicyclic) bond motifs is 1. The molecule has 2 aliphatic rings. The highest BCUT2D eigenvalue weighted by Crippen LogP contribution is 2.35. The number of halogens is 1. The zero-order valence-electron chi connectivity index (χ0n) is 22.0. The second-order valence-corrected chi connectivity index (χ2v) is 11.2. The third kappa shape index (κ3) is 5.03. The molecule has 4 aromatic rings. The number of anilines is 1. The Hall–Kier alpha value is -3.94. The molecule has 1 atom stereocenters. The molecule has 6 rings (SSSR count). The first kappa shape index (κ1) is 26.3. The smallest absolute Gasteiger partial charge is 0.338 e. The number of aromatic nitrogens is 1. The number of rotatable bonds is 6. The molecule has 1 fully saturated rings. The molecule has 3 heterocycles. The minimum Gasteiger partial charge on any atom is -0.463 e. The number of hydrogen-bond donors (Lipinski definition) is 0. The fraction of sp³-hybridized carbons (Fsp3) is 0.219. The molecule has 1 saturated heterocycles. The topological polar surface area (TPSA) is 63.9 Å². The highest BCUT2D eigenvalue weighted by Gasteiger charge is 2.35. The van der Waals surface area contributed by atoms with Crippen molar-refractivity contribution in [2.24, 2.45) is 4.99 Å². The average molecular weight is 570 g/mol. The molecule has 8 heteroatoms. The third-order valence-corrected chi connectivity index (χ3v) is 8.46. The average Bonchev–Trinajstić information content (AvgIpc) is 3.62. The van der Waals surface area contributed by atoms with Crippen molar-refractivity contribution < 1.29 is 9.53 Å². The number of carbonyl (C=O) groups is 1. The summed E-state index contributed by atoms with van der Waals surface area (Å²) in [5.74, 6) is -0.503. The summed E-state index contributed by atoms with van der Waals surface area (Å²) in [6.45, 7) is 4.13. The molecule has 0 unspecified atom stereocenters. The zero-order valence-corrected chi connectivity index (χ0v) is 23.6. The van der Waals surface area contributed by atoms with Crippen LogP contribution >= 0.6 is 22.9 Å². The van der Waals surface area contributed by atoms with Crippen LogP contribution in [0.2, 0.25) is 5.02 Å². The van der Waals surface area contributed by atoms with Gasteiger partial charge in [0.2, 0.25) is 0 Å². The Kier molecular flexibility index (Phi) is 7.41. The van der Waals surface area contributed by atoms with Gasteiger partial charge in [0.05, 0.1) is 28.5 Å². The summed E-state index contributed by atoms with van der Waals surface area (Å²) in [4.78, 5) is 35.3. The second kappa shape index (κ2) is 11.3. The van der Waals surface area contributed by atoms with E-state index in [-0.39, 0.29) is 12.2 Å². The number of thiazole rings is 1. The van der Waals surface area contributed by atoms with E-state index in [1.807, 2.05) is 60.7 Å². The normalized spacial score (nSPS) is 17.1. The number of benzene rings is 3. The van der Waals surface area contributed by atoms with Crippen molar-refractivity contribution in [3.8, 4) is 0 Å². The molecule has 1 aromatic heterocycles. The van der Waals surface area contributed by atoms with E-state index in [0.29, 0.717) is 25.6 Å². The molecule has 0 radical (unpaired) electrons. The van der Waals surface area contributed by atoms with E-state index in [1.54, 1.807) is 23.6 Å². The molecule has 0 aliphatic carbocycles. The minimum absolute atomic E-state index is 0.204. The Balaban J connectivity index is 1.54. The molecular weight excluding hydrogens is 542 g/mol. The summed E-state index contributed by atoms with van der Waals surface area (Å²) in [5.41, 5.74) is 4.28. The molecule has 202 valence electrons. The highest BCUT2D eigenvalue weighted by molar-refractivity contribution is 7.07. The lowest BCUT2D eigenvalue weighted by Crippen LogP contribution is -2.40. The lowest BCUT2D eigenvalue weighted by atomic mass is 9.93. The summed E-state index contributed by atoms with van der Waals surface area (Å²) in [7, 11) is 0. The van der Waals surface area contributed by atoms with Crippen LogP contribution in [0.5, 0.6) is 0 Å². The van der Waals surface area contributed by atoms with Crippen molar-refractivity contribution in [2.45, 2.75) is 25.8 Å². The molecule has 0 bridgehead atoms. The van der Waals surface area contributed by atoms with E-state index >= 15 is 0 Å². The predicted octanol–water partition coefficient (Wildman–Crippen LogP) is 5.19. The molecule has 0 N–H and O–H groups in total. The predicted molar refractivity (Wildman–Crippen MR) is 160 cm³/mol. The minimum atomic E-state index is -0.720. The molecule has 0 amide bonds. The van der Waals surface area contributed by atoms with Crippen molar-refractivity contribution >= 4 is 46.4 Å². The summed E-state index contributed by atoms with van der Waals surface area (Å²) in [6, 6.07) is 24.3. The van der Waals surface area contributed by atoms with Gasteiger partial charge < -0.3 is 9.64 Å². The van der Waals surface area contributed by atoms with Gasteiger partial charge in [-0.3, -0.25) is 9.36 Å². The first-order valence-corrected chi connectivity index (χ1v) is 14.6. The van der Waals surface area contributed by atoms with E-state index in [2.05, 4.69) is 17.0 Å².